The predicted octanol–water partition coefficient (Wildman–Crippen LogP) is 1.12. The van der Waals surface area contributed by atoms with Gasteiger partial charge in [-0.05, 0) is 7.05 Å². The lowest BCUT2D eigenvalue weighted by Crippen LogP contribution is -2.12. The molecule has 8 heavy (non-hydrogen) atoms. The van der Waals surface area contributed by atoms with E-state index in [4.69, 9.17) is 4.74 Å². The van der Waals surface area contributed by atoms with E-state index in [1.54, 1.807) is 7.11 Å². The summed E-state index contributed by atoms with van der Waals surface area (Å²) in [4.78, 5) is 0. The van der Waals surface area contributed by atoms with Crippen LogP contribution >= 0.6 is 0 Å². The molecule has 0 spiro atoms. The van der Waals surface area contributed by atoms with Gasteiger partial charge >= 0.3 is 0 Å². The van der Waals surface area contributed by atoms with Gasteiger partial charge in [-0.2, -0.15) is 0 Å². The second-order valence-corrected chi connectivity index (χ2v) is 1.10. The van der Waals surface area contributed by atoms with Gasteiger partial charge in [0, 0.05) is 15.1 Å². The summed E-state index contributed by atoms with van der Waals surface area (Å²) in [6, 6.07) is 0. The molecule has 0 saturated carbocycles. The van der Waals surface area contributed by atoms with E-state index in [0.29, 0.717) is 0 Å². The molecule has 54 valence electrons. The highest BCUT2D eigenvalue weighted by atomic mass is 16.5. The molecule has 1 N–H and O–H groups in total. The van der Waals surface area contributed by atoms with Crippen LogP contribution in [-0.2, 0) is 4.74 Å². The number of ether oxygens (including phenoxy) is 1. The van der Waals surface area contributed by atoms with Crippen molar-refractivity contribution < 1.29 is 6.16 Å². The lowest BCUT2D eigenvalue weighted by atomic mass is 10.7. The highest BCUT2D eigenvalue weighted by Crippen LogP contribution is 1.57. The van der Waals surface area contributed by atoms with Crippen LogP contribution in [0.1, 0.15) is 15.3 Å². The van der Waals surface area contributed by atoms with E-state index in [0.717, 1.165) is 13.2 Å². The van der Waals surface area contributed by atoms with Crippen LogP contribution in [0.25, 0.3) is 0 Å². The van der Waals surface area contributed by atoms with E-state index < -0.39 is 0 Å². The summed E-state index contributed by atoms with van der Waals surface area (Å²) < 4.78 is 4.72. The number of methoxy groups -OCH3 is 1. The lowest BCUT2D eigenvalue weighted by Gasteiger charge is -1.92. The maximum Gasteiger partial charge on any atom is 0.0587 e. The molecule has 0 aromatic rings. The Bertz CT molecular complexity index is 25.0. The molecule has 0 atom stereocenters. The molecule has 2 heteroatoms. The van der Waals surface area contributed by atoms with E-state index in [-0.39, 0.29) is 1.43 Å². The van der Waals surface area contributed by atoms with Gasteiger partial charge in [0.25, 0.3) is 0 Å². The predicted molar refractivity (Wildman–Crippen MR) is 39.3 cm³/mol. The van der Waals surface area contributed by atoms with Crippen LogP contribution in [0.3, 0.4) is 0 Å². The van der Waals surface area contributed by atoms with Crippen molar-refractivity contribution in [1.82, 2.24) is 5.32 Å². The first-order valence-electron chi connectivity index (χ1n) is 3.05. The van der Waals surface area contributed by atoms with Gasteiger partial charge in [-0.3, -0.25) is 0 Å². The summed E-state index contributed by atoms with van der Waals surface area (Å²) in [7, 11) is 3.59. The minimum absolute atomic E-state index is 0. The number of nitrogens with one attached hydrogen (secondary N) is 1. The van der Waals surface area contributed by atoms with Gasteiger partial charge in [-0.15, -0.1) is 0 Å². The quantitative estimate of drug-likeness (QED) is 0.565. The minimum atomic E-state index is 0. The topological polar surface area (TPSA) is 21.3 Å². The Morgan fingerprint density at radius 2 is 2.00 bits per heavy atom. The largest absolute Gasteiger partial charge is 0.383 e. The smallest absolute Gasteiger partial charge is 0.0587 e. The molecule has 2 nitrogen and oxygen atoms in total. The molecule has 0 amide bonds. The van der Waals surface area contributed by atoms with E-state index in [1.165, 1.54) is 0 Å². The highest BCUT2D eigenvalue weighted by molar-refractivity contribution is 4.30. The Hall–Kier alpha value is -0.0800. The Kier molecular flexibility index (Phi) is 21.3. The molecular weight excluding hydrogens is 102 g/mol. The Morgan fingerprint density at radius 1 is 1.50 bits per heavy atom. The maximum atomic E-state index is 4.72. The van der Waals surface area contributed by atoms with E-state index >= 15 is 0 Å². The van der Waals surface area contributed by atoms with Gasteiger partial charge in [0.15, 0.2) is 0 Å². The summed E-state index contributed by atoms with van der Waals surface area (Å²) in [5, 5.41) is 2.94. The Morgan fingerprint density at radius 3 is 2.12 bits per heavy atom. The third-order valence-corrected chi connectivity index (χ3v) is 0.556. The van der Waals surface area contributed by atoms with Crippen LogP contribution in [0.4, 0.5) is 0 Å². The number of rotatable bonds is 3. The SMILES string of the molecule is CC.CNCCOC.[HH]. The molecule has 0 aromatic heterocycles. The Labute approximate surface area is 53.7 Å². The van der Waals surface area contributed by atoms with Gasteiger partial charge in [0.1, 0.15) is 0 Å². The molecule has 0 unspecified atom stereocenters. The van der Waals surface area contributed by atoms with E-state index in [2.05, 4.69) is 5.32 Å². The van der Waals surface area contributed by atoms with Crippen molar-refractivity contribution in [2.75, 3.05) is 27.3 Å². The summed E-state index contributed by atoms with van der Waals surface area (Å²) in [6.07, 6.45) is 0. The molecule has 0 fully saturated rings. The molecule has 0 heterocycles. The van der Waals surface area contributed by atoms with Crippen molar-refractivity contribution in [3.63, 3.8) is 0 Å². The second kappa shape index (κ2) is 15.8. The zero-order valence-corrected chi connectivity index (χ0v) is 6.32. The third kappa shape index (κ3) is 16.8. The standard InChI is InChI=1S/C4H11NO.C2H6.H2/c1-5-3-4-6-2;1-2;/h5H,3-4H2,1-2H3;1-2H3;1H. The second-order valence-electron chi connectivity index (χ2n) is 1.10. The van der Waals surface area contributed by atoms with Crippen LogP contribution in [0.15, 0.2) is 0 Å². The van der Waals surface area contributed by atoms with Crippen LogP contribution in [-0.4, -0.2) is 27.3 Å². The molecule has 0 aromatic carbocycles. The first-order chi connectivity index (χ1) is 3.91. The van der Waals surface area contributed by atoms with Gasteiger partial charge in [-0.25, -0.2) is 0 Å². The lowest BCUT2D eigenvalue weighted by molar-refractivity contribution is 0.201. The molecule has 0 rings (SSSR count). The average Bonchev–Trinajstić information content (AvgIpc) is 1.88. The van der Waals surface area contributed by atoms with Crippen molar-refractivity contribution in [1.29, 1.82) is 0 Å². The van der Waals surface area contributed by atoms with Crippen LogP contribution < -0.4 is 5.32 Å². The van der Waals surface area contributed by atoms with E-state index in [9.17, 15) is 0 Å². The van der Waals surface area contributed by atoms with Gasteiger partial charge in [0.2, 0.25) is 0 Å². The van der Waals surface area contributed by atoms with Gasteiger partial charge in [0.05, 0.1) is 6.61 Å². The molecule has 0 bridgehead atoms. The maximum absolute atomic E-state index is 4.72. The highest BCUT2D eigenvalue weighted by Gasteiger charge is 1.72. The monoisotopic (exact) mass is 121 g/mol. The Balaban J connectivity index is -0.000000109. The molecule has 0 aliphatic carbocycles. The van der Waals surface area contributed by atoms with Gasteiger partial charge < -0.3 is 10.1 Å². The molecule has 0 aliphatic rings. The molecule has 0 aliphatic heterocycles. The molecule has 0 radical (unpaired) electrons. The minimum Gasteiger partial charge on any atom is -0.383 e. The fourth-order valence-corrected chi connectivity index (χ4v) is 0.204. The number of hydrogen-bond donors (Lipinski definition) is 1. The zero-order chi connectivity index (χ0) is 6.83. The first kappa shape index (κ1) is 10.8. The first-order valence-corrected chi connectivity index (χ1v) is 3.05. The van der Waals surface area contributed by atoms with Crippen LogP contribution in [0, 0.1) is 0 Å². The summed E-state index contributed by atoms with van der Waals surface area (Å²) >= 11 is 0. The fraction of sp³-hybridized carbons (Fsp3) is 1.00. The van der Waals surface area contributed by atoms with Crippen molar-refractivity contribution >= 4 is 0 Å². The van der Waals surface area contributed by atoms with Crippen molar-refractivity contribution in [2.45, 2.75) is 13.8 Å². The van der Waals surface area contributed by atoms with E-state index in [1.807, 2.05) is 20.9 Å². The third-order valence-electron chi connectivity index (χ3n) is 0.556. The number of hydrogen-bond acceptors (Lipinski definition) is 2. The molecule has 0 saturated heterocycles. The summed E-state index contributed by atoms with van der Waals surface area (Å²) in [6.45, 7) is 5.74. The van der Waals surface area contributed by atoms with Gasteiger partial charge in [-0.1, -0.05) is 13.8 Å². The van der Waals surface area contributed by atoms with Crippen LogP contribution in [0.2, 0.25) is 0 Å². The average molecular weight is 121 g/mol. The summed E-state index contributed by atoms with van der Waals surface area (Å²) in [5.74, 6) is 0. The van der Waals surface area contributed by atoms with Crippen LogP contribution in [0.5, 0.6) is 0 Å². The fourth-order valence-electron chi connectivity index (χ4n) is 0.204. The van der Waals surface area contributed by atoms with Crippen molar-refractivity contribution in [3.8, 4) is 0 Å². The van der Waals surface area contributed by atoms with Crippen molar-refractivity contribution in [3.05, 3.63) is 0 Å². The van der Waals surface area contributed by atoms with Crippen molar-refractivity contribution in [2.24, 2.45) is 0 Å². The summed E-state index contributed by atoms with van der Waals surface area (Å²) in [5.41, 5.74) is 0. The normalized spacial score (nSPS) is 7.50. The number of likely N-dealkylation sites (N-methyl/N-ethyl adjacent to an activating group) is 1. The zero-order valence-electron chi connectivity index (χ0n) is 6.32. The molecular formula is C6H19NO.